The zero-order valence-electron chi connectivity index (χ0n) is 18.7. The average molecular weight is 470 g/mol. The van der Waals surface area contributed by atoms with Crippen LogP contribution in [0.2, 0.25) is 0 Å². The summed E-state index contributed by atoms with van der Waals surface area (Å²) in [5, 5.41) is 3.79. The number of rotatable bonds is 6. The number of thioether (sulfide) groups is 1. The highest BCUT2D eigenvalue weighted by Gasteiger charge is 2.27. The van der Waals surface area contributed by atoms with Crippen molar-refractivity contribution in [2.24, 2.45) is 0 Å². The van der Waals surface area contributed by atoms with Crippen molar-refractivity contribution in [3.63, 3.8) is 0 Å². The Labute approximate surface area is 195 Å². The third-order valence-electron chi connectivity index (χ3n) is 6.10. The van der Waals surface area contributed by atoms with Crippen molar-refractivity contribution in [3.05, 3.63) is 50.6 Å². The quantitative estimate of drug-likeness (QED) is 0.292. The molecule has 1 amide bonds. The summed E-state index contributed by atoms with van der Waals surface area (Å²) in [5.74, 6) is -0.186. The Morgan fingerprint density at radius 3 is 2.47 bits per heavy atom. The van der Waals surface area contributed by atoms with Crippen molar-refractivity contribution in [2.75, 3.05) is 5.32 Å². The van der Waals surface area contributed by atoms with Gasteiger partial charge in [-0.1, -0.05) is 24.6 Å². The van der Waals surface area contributed by atoms with E-state index in [1.54, 1.807) is 24.3 Å². The Balaban J connectivity index is 1.62. The van der Waals surface area contributed by atoms with Crippen LogP contribution in [-0.4, -0.2) is 26.5 Å². The number of Topliss-reactive ketones (excluding diaryl/α,β-unsaturated/α-hetero) is 1. The number of carbonyl (C=O) groups excluding carboxylic acids is 2. The molecular formula is C24H27N3O3S2. The number of hydrogen-bond acceptors (Lipinski definition) is 6. The molecule has 1 aliphatic rings. The molecule has 1 atom stereocenters. The number of nitrogens with zero attached hydrogens (tertiary/aromatic N) is 2. The SMILES string of the molecule is CC(=O)c1ccc(NC(=O)C(C)Sc2nc3sc(C)c(C)c3c(=O)n2C2CCCC2)cc1. The molecular weight excluding hydrogens is 442 g/mol. The van der Waals surface area contributed by atoms with Gasteiger partial charge in [-0.25, -0.2) is 4.98 Å². The van der Waals surface area contributed by atoms with E-state index in [0.29, 0.717) is 21.8 Å². The second-order valence-electron chi connectivity index (χ2n) is 8.35. The summed E-state index contributed by atoms with van der Waals surface area (Å²) in [5.41, 5.74) is 2.25. The summed E-state index contributed by atoms with van der Waals surface area (Å²) in [4.78, 5) is 44.5. The molecule has 0 saturated heterocycles. The first-order valence-corrected chi connectivity index (χ1v) is 12.6. The molecule has 1 fully saturated rings. The molecule has 3 aromatic rings. The van der Waals surface area contributed by atoms with Crippen molar-refractivity contribution in [3.8, 4) is 0 Å². The molecule has 1 unspecified atom stereocenters. The number of aromatic nitrogens is 2. The monoisotopic (exact) mass is 469 g/mol. The van der Waals surface area contributed by atoms with E-state index in [0.717, 1.165) is 41.0 Å². The van der Waals surface area contributed by atoms with Crippen molar-refractivity contribution < 1.29 is 9.59 Å². The number of anilines is 1. The molecule has 0 spiro atoms. The molecule has 32 heavy (non-hydrogen) atoms. The van der Waals surface area contributed by atoms with Crippen molar-refractivity contribution in [2.45, 2.75) is 69.8 Å². The van der Waals surface area contributed by atoms with Gasteiger partial charge in [0.15, 0.2) is 10.9 Å². The second-order valence-corrected chi connectivity index (χ2v) is 10.9. The zero-order valence-corrected chi connectivity index (χ0v) is 20.4. The maximum absolute atomic E-state index is 13.5. The zero-order chi connectivity index (χ0) is 23.0. The van der Waals surface area contributed by atoms with Gasteiger partial charge in [0, 0.05) is 22.2 Å². The molecule has 0 radical (unpaired) electrons. The Kier molecular flexibility index (Phi) is 6.53. The number of aryl methyl sites for hydroxylation is 2. The highest BCUT2D eigenvalue weighted by Crippen LogP contribution is 2.35. The van der Waals surface area contributed by atoms with Crippen LogP contribution in [-0.2, 0) is 4.79 Å². The normalized spacial score (nSPS) is 15.2. The second kappa shape index (κ2) is 9.19. The molecule has 0 aliphatic heterocycles. The fourth-order valence-electron chi connectivity index (χ4n) is 4.10. The van der Waals surface area contributed by atoms with Gasteiger partial charge in [0.25, 0.3) is 5.56 Å². The van der Waals surface area contributed by atoms with E-state index in [1.165, 1.54) is 30.0 Å². The minimum Gasteiger partial charge on any atom is -0.325 e. The molecule has 8 heteroatoms. The lowest BCUT2D eigenvalue weighted by atomic mass is 10.1. The largest absolute Gasteiger partial charge is 0.325 e. The molecule has 1 aromatic carbocycles. The smallest absolute Gasteiger partial charge is 0.263 e. The molecule has 2 aromatic heterocycles. The lowest BCUT2D eigenvalue weighted by Crippen LogP contribution is -2.29. The first kappa shape index (κ1) is 22.7. The van der Waals surface area contributed by atoms with Crippen LogP contribution in [0.4, 0.5) is 5.69 Å². The fourth-order valence-corrected chi connectivity index (χ4v) is 6.15. The number of benzene rings is 1. The predicted molar refractivity (Wildman–Crippen MR) is 131 cm³/mol. The molecule has 168 valence electrons. The number of nitrogens with one attached hydrogen (secondary N) is 1. The van der Waals surface area contributed by atoms with Crippen molar-refractivity contribution in [1.82, 2.24) is 9.55 Å². The number of ketones is 1. The van der Waals surface area contributed by atoms with Crippen molar-refractivity contribution in [1.29, 1.82) is 0 Å². The van der Waals surface area contributed by atoms with E-state index >= 15 is 0 Å². The highest BCUT2D eigenvalue weighted by atomic mass is 32.2. The Morgan fingerprint density at radius 1 is 1.19 bits per heavy atom. The van der Waals surface area contributed by atoms with Gasteiger partial charge in [-0.3, -0.25) is 19.0 Å². The van der Waals surface area contributed by atoms with Crippen LogP contribution >= 0.6 is 23.1 Å². The van der Waals surface area contributed by atoms with Gasteiger partial charge in [-0.2, -0.15) is 0 Å². The molecule has 2 heterocycles. The summed E-state index contributed by atoms with van der Waals surface area (Å²) in [6, 6.07) is 6.98. The van der Waals surface area contributed by atoms with Gasteiger partial charge in [0.1, 0.15) is 4.83 Å². The lowest BCUT2D eigenvalue weighted by molar-refractivity contribution is -0.115. The molecule has 1 aliphatic carbocycles. The molecule has 1 N–H and O–H groups in total. The summed E-state index contributed by atoms with van der Waals surface area (Å²) in [7, 11) is 0. The summed E-state index contributed by atoms with van der Waals surface area (Å²) in [6.07, 6.45) is 4.14. The first-order chi connectivity index (χ1) is 15.3. The highest BCUT2D eigenvalue weighted by molar-refractivity contribution is 8.00. The molecule has 6 nitrogen and oxygen atoms in total. The summed E-state index contributed by atoms with van der Waals surface area (Å²) in [6.45, 7) is 7.33. The van der Waals surface area contributed by atoms with Crippen LogP contribution in [0.15, 0.2) is 34.2 Å². The van der Waals surface area contributed by atoms with Gasteiger partial charge in [0.2, 0.25) is 5.91 Å². The Hall–Kier alpha value is -2.45. The van der Waals surface area contributed by atoms with Gasteiger partial charge in [0.05, 0.1) is 10.6 Å². The standard InChI is InChI=1S/C24H27N3O3S2/c1-13-15(3)31-22-20(13)23(30)27(19-7-5-6-8-19)24(26-22)32-16(4)21(29)25-18-11-9-17(10-12-18)14(2)28/h9-12,16,19H,5-8H2,1-4H3,(H,25,29). The van der Waals surface area contributed by atoms with Crippen LogP contribution < -0.4 is 10.9 Å². The number of fused-ring (bicyclic) bond motifs is 1. The van der Waals surface area contributed by atoms with Crippen LogP contribution in [0, 0.1) is 13.8 Å². The van der Waals surface area contributed by atoms with E-state index in [2.05, 4.69) is 5.32 Å². The van der Waals surface area contributed by atoms with Crippen molar-refractivity contribution >= 4 is 50.7 Å². The van der Waals surface area contributed by atoms with E-state index in [1.807, 2.05) is 25.3 Å². The maximum Gasteiger partial charge on any atom is 0.263 e. The number of amides is 1. The third kappa shape index (κ3) is 4.38. The minimum absolute atomic E-state index is 0.0127. The van der Waals surface area contributed by atoms with Crippen LogP contribution in [0.3, 0.4) is 0 Å². The van der Waals surface area contributed by atoms with Gasteiger partial charge >= 0.3 is 0 Å². The van der Waals surface area contributed by atoms with E-state index in [9.17, 15) is 14.4 Å². The van der Waals surface area contributed by atoms with Gasteiger partial charge in [-0.05, 0) is 70.4 Å². The van der Waals surface area contributed by atoms with Crippen LogP contribution in [0.25, 0.3) is 10.2 Å². The summed E-state index contributed by atoms with van der Waals surface area (Å²) >= 11 is 2.86. The molecule has 0 bridgehead atoms. The Bertz CT molecular complexity index is 1240. The summed E-state index contributed by atoms with van der Waals surface area (Å²) < 4.78 is 1.84. The van der Waals surface area contributed by atoms with Crippen LogP contribution in [0.5, 0.6) is 0 Å². The number of hydrogen-bond donors (Lipinski definition) is 1. The van der Waals surface area contributed by atoms with E-state index < -0.39 is 5.25 Å². The number of thiophene rings is 1. The van der Waals surface area contributed by atoms with Crippen LogP contribution in [0.1, 0.15) is 66.4 Å². The fraction of sp³-hybridized carbons (Fsp3) is 0.417. The predicted octanol–water partition coefficient (Wildman–Crippen LogP) is 5.51. The molecule has 4 rings (SSSR count). The molecule has 1 saturated carbocycles. The number of carbonyl (C=O) groups is 2. The minimum atomic E-state index is -0.443. The average Bonchev–Trinajstić information content (AvgIpc) is 3.37. The van der Waals surface area contributed by atoms with Gasteiger partial charge < -0.3 is 5.32 Å². The first-order valence-electron chi connectivity index (χ1n) is 10.9. The third-order valence-corrected chi connectivity index (χ3v) is 8.27. The van der Waals surface area contributed by atoms with Gasteiger partial charge in [-0.15, -0.1) is 11.3 Å². The van der Waals surface area contributed by atoms with E-state index in [-0.39, 0.29) is 23.3 Å². The maximum atomic E-state index is 13.5. The Morgan fingerprint density at radius 2 is 1.84 bits per heavy atom. The topological polar surface area (TPSA) is 81.1 Å². The van der Waals surface area contributed by atoms with E-state index in [4.69, 9.17) is 4.98 Å². The lowest BCUT2D eigenvalue weighted by Gasteiger charge is -2.20.